The molecule has 8 heteroatoms. The maximum Gasteiger partial charge on any atom is 0.435 e. The molecule has 0 spiro atoms. The zero-order valence-electron chi connectivity index (χ0n) is 9.80. The third-order valence-corrected chi connectivity index (χ3v) is 2.61. The van der Waals surface area contributed by atoms with E-state index in [4.69, 9.17) is 0 Å². The van der Waals surface area contributed by atoms with Crippen LogP contribution in [0.5, 0.6) is 5.88 Å². The van der Waals surface area contributed by atoms with E-state index < -0.39 is 17.8 Å². The summed E-state index contributed by atoms with van der Waals surface area (Å²) in [5.41, 5.74) is -0.704. The van der Waals surface area contributed by atoms with Crippen molar-refractivity contribution in [2.75, 3.05) is 0 Å². The third-order valence-electron chi connectivity index (χ3n) is 2.61. The summed E-state index contributed by atoms with van der Waals surface area (Å²) in [6, 6.07) is 6.81. The maximum atomic E-state index is 12.6. The number of rotatable bonds is 1. The largest absolute Gasteiger partial charge is 0.858 e. The SMILES string of the molecule is [O-]c1cc(-c2ccccn2)nc2cc(C(F)(F)F)nn12. The van der Waals surface area contributed by atoms with Crippen molar-refractivity contribution in [2.24, 2.45) is 0 Å². The molecular weight excluding hydrogens is 273 g/mol. The molecule has 5 nitrogen and oxygen atoms in total. The second-order valence-electron chi connectivity index (χ2n) is 3.99. The number of halogens is 3. The molecule has 0 N–H and O–H groups in total. The van der Waals surface area contributed by atoms with Crippen LogP contribution >= 0.6 is 0 Å². The zero-order chi connectivity index (χ0) is 14.3. The molecule has 102 valence electrons. The first kappa shape index (κ1) is 12.4. The first-order chi connectivity index (χ1) is 9.45. The normalized spacial score (nSPS) is 11.9. The van der Waals surface area contributed by atoms with Crippen LogP contribution in [0.2, 0.25) is 0 Å². The Hall–Kier alpha value is -2.64. The summed E-state index contributed by atoms with van der Waals surface area (Å²) in [6.45, 7) is 0. The number of hydrogen-bond acceptors (Lipinski definition) is 4. The van der Waals surface area contributed by atoms with Crippen LogP contribution in [0.4, 0.5) is 13.2 Å². The van der Waals surface area contributed by atoms with Gasteiger partial charge in [0.05, 0.1) is 11.4 Å². The van der Waals surface area contributed by atoms with Crippen molar-refractivity contribution in [3.05, 3.63) is 42.2 Å². The van der Waals surface area contributed by atoms with Crippen LogP contribution in [-0.2, 0) is 6.18 Å². The molecule has 3 rings (SSSR count). The molecule has 0 bridgehead atoms. The Bertz CT molecular complexity index is 767. The molecule has 0 aliphatic carbocycles. The molecule has 3 aromatic rings. The molecule has 0 aliphatic rings. The van der Waals surface area contributed by atoms with Gasteiger partial charge in [0.1, 0.15) is 0 Å². The van der Waals surface area contributed by atoms with E-state index in [2.05, 4.69) is 15.1 Å². The van der Waals surface area contributed by atoms with E-state index >= 15 is 0 Å². The van der Waals surface area contributed by atoms with Crippen LogP contribution < -0.4 is 5.11 Å². The summed E-state index contributed by atoms with van der Waals surface area (Å²) >= 11 is 0. The van der Waals surface area contributed by atoms with Gasteiger partial charge >= 0.3 is 6.18 Å². The first-order valence-corrected chi connectivity index (χ1v) is 5.51. The Morgan fingerprint density at radius 2 is 1.90 bits per heavy atom. The lowest BCUT2D eigenvalue weighted by Gasteiger charge is -2.10. The molecular formula is C12H6F3N4O-. The molecule has 0 fully saturated rings. The van der Waals surface area contributed by atoms with Gasteiger partial charge in [-0.1, -0.05) is 6.07 Å². The molecule has 0 saturated heterocycles. The highest BCUT2D eigenvalue weighted by atomic mass is 19.4. The van der Waals surface area contributed by atoms with Crippen molar-refractivity contribution in [3.63, 3.8) is 0 Å². The predicted molar refractivity (Wildman–Crippen MR) is 60.7 cm³/mol. The monoisotopic (exact) mass is 279 g/mol. The molecule has 0 saturated carbocycles. The van der Waals surface area contributed by atoms with Crippen molar-refractivity contribution in [1.29, 1.82) is 0 Å². The second-order valence-corrected chi connectivity index (χ2v) is 3.99. The summed E-state index contributed by atoms with van der Waals surface area (Å²) in [5, 5.41) is 15.0. The molecule has 0 amide bonds. The molecule has 0 atom stereocenters. The first-order valence-electron chi connectivity index (χ1n) is 5.51. The highest BCUT2D eigenvalue weighted by molar-refractivity contribution is 5.59. The molecule has 20 heavy (non-hydrogen) atoms. The Morgan fingerprint density at radius 1 is 1.10 bits per heavy atom. The minimum atomic E-state index is -4.62. The molecule has 0 radical (unpaired) electrons. The van der Waals surface area contributed by atoms with Crippen molar-refractivity contribution in [3.8, 4) is 17.3 Å². The van der Waals surface area contributed by atoms with Crippen molar-refractivity contribution in [2.45, 2.75) is 6.18 Å². The predicted octanol–water partition coefficient (Wildman–Crippen LogP) is 1.88. The minimum absolute atomic E-state index is 0.162. The van der Waals surface area contributed by atoms with E-state index in [0.29, 0.717) is 10.2 Å². The van der Waals surface area contributed by atoms with E-state index in [9.17, 15) is 18.3 Å². The fraction of sp³-hybridized carbons (Fsp3) is 0.0833. The number of fused-ring (bicyclic) bond motifs is 1. The minimum Gasteiger partial charge on any atom is -0.858 e. The zero-order valence-corrected chi connectivity index (χ0v) is 9.80. The van der Waals surface area contributed by atoms with E-state index in [1.165, 1.54) is 6.20 Å². The lowest BCUT2D eigenvalue weighted by Crippen LogP contribution is -2.07. The molecule has 0 aliphatic heterocycles. The van der Waals surface area contributed by atoms with E-state index in [0.717, 1.165) is 12.1 Å². The highest BCUT2D eigenvalue weighted by Gasteiger charge is 2.34. The van der Waals surface area contributed by atoms with Crippen molar-refractivity contribution < 1.29 is 18.3 Å². The smallest absolute Gasteiger partial charge is 0.435 e. The Morgan fingerprint density at radius 3 is 2.55 bits per heavy atom. The van der Waals surface area contributed by atoms with Crippen LogP contribution in [0, 0.1) is 0 Å². The highest BCUT2D eigenvalue weighted by Crippen LogP contribution is 2.30. The average molecular weight is 279 g/mol. The van der Waals surface area contributed by atoms with Crippen molar-refractivity contribution in [1.82, 2.24) is 19.6 Å². The lowest BCUT2D eigenvalue weighted by atomic mass is 10.2. The number of nitrogens with zero attached hydrogens (tertiary/aromatic N) is 4. The molecule has 3 aromatic heterocycles. The van der Waals surface area contributed by atoms with E-state index in [1.807, 2.05) is 0 Å². The number of pyridine rings is 1. The van der Waals surface area contributed by atoms with Crippen LogP contribution in [0.15, 0.2) is 36.5 Å². The Labute approximate surface area is 110 Å². The van der Waals surface area contributed by atoms with Gasteiger partial charge in [-0.3, -0.25) is 4.98 Å². The van der Waals surface area contributed by atoms with Gasteiger partial charge in [0.15, 0.2) is 11.3 Å². The van der Waals surface area contributed by atoms with Crippen molar-refractivity contribution >= 4 is 5.65 Å². The van der Waals surface area contributed by atoms with Gasteiger partial charge in [-0.15, -0.1) is 0 Å². The summed E-state index contributed by atoms with van der Waals surface area (Å²) < 4.78 is 38.3. The quantitative estimate of drug-likeness (QED) is 0.682. The van der Waals surface area contributed by atoms with Crippen LogP contribution in [0.3, 0.4) is 0 Å². The molecule has 0 unspecified atom stereocenters. The van der Waals surface area contributed by atoms with Gasteiger partial charge < -0.3 is 5.11 Å². The lowest BCUT2D eigenvalue weighted by molar-refractivity contribution is -0.277. The van der Waals surface area contributed by atoms with E-state index in [1.54, 1.807) is 18.2 Å². The summed E-state index contributed by atoms with van der Waals surface area (Å²) in [5.74, 6) is -0.689. The van der Waals surface area contributed by atoms with Gasteiger partial charge in [-0.05, 0) is 24.1 Å². The average Bonchev–Trinajstić information content (AvgIpc) is 2.84. The maximum absolute atomic E-state index is 12.6. The number of alkyl halides is 3. The summed E-state index contributed by atoms with van der Waals surface area (Å²) in [7, 11) is 0. The van der Waals surface area contributed by atoms with Gasteiger partial charge in [-0.25, -0.2) is 9.50 Å². The van der Waals surface area contributed by atoms with Crippen LogP contribution in [-0.4, -0.2) is 19.6 Å². The summed E-state index contributed by atoms with van der Waals surface area (Å²) in [4.78, 5) is 7.98. The number of aromatic nitrogens is 4. The van der Waals surface area contributed by atoms with E-state index in [-0.39, 0.29) is 11.3 Å². The fourth-order valence-electron chi connectivity index (χ4n) is 1.73. The molecule has 0 aromatic carbocycles. The van der Waals surface area contributed by atoms with Gasteiger partial charge in [0.2, 0.25) is 0 Å². The second kappa shape index (κ2) is 4.19. The number of hydrogen-bond donors (Lipinski definition) is 0. The third kappa shape index (κ3) is 2.04. The topological polar surface area (TPSA) is 66.1 Å². The van der Waals surface area contributed by atoms with Crippen LogP contribution in [0.25, 0.3) is 17.0 Å². The van der Waals surface area contributed by atoms with Gasteiger partial charge in [0.25, 0.3) is 0 Å². The van der Waals surface area contributed by atoms with Gasteiger partial charge in [-0.2, -0.15) is 18.3 Å². The standard InChI is InChI=1S/C12H7F3N4O/c13-12(14,15)9-6-10-17-8(5-11(20)19(10)18-9)7-3-1-2-4-16-7/h1-6,20H/p-1. The Balaban J connectivity index is 2.19. The van der Waals surface area contributed by atoms with Gasteiger partial charge in [0, 0.05) is 12.3 Å². The Kier molecular flexibility index (Phi) is 2.60. The molecule has 3 heterocycles. The fourth-order valence-corrected chi connectivity index (χ4v) is 1.73. The van der Waals surface area contributed by atoms with Crippen LogP contribution in [0.1, 0.15) is 5.69 Å². The summed E-state index contributed by atoms with van der Waals surface area (Å²) in [6.07, 6.45) is -3.12.